The maximum atomic E-state index is 14.4. The highest BCUT2D eigenvalue weighted by molar-refractivity contribution is 6.06. The van der Waals surface area contributed by atoms with Gasteiger partial charge in [-0.25, -0.2) is 0 Å². The minimum Gasteiger partial charge on any atom is -0.476 e. The van der Waals surface area contributed by atoms with Crippen LogP contribution in [0.25, 0.3) is 0 Å². The largest absolute Gasteiger partial charge is 0.476 e. The first kappa shape index (κ1) is 57.6. The lowest BCUT2D eigenvalue weighted by molar-refractivity contribution is -0.139. The van der Waals surface area contributed by atoms with E-state index < -0.39 is 57.6 Å². The maximum absolute atomic E-state index is 14.4. The summed E-state index contributed by atoms with van der Waals surface area (Å²) >= 11 is 0. The highest BCUT2D eigenvalue weighted by atomic mass is 19.4. The number of likely N-dealkylation sites (N-methyl/N-ethyl adjacent to an activating group) is 1. The number of halogens is 6. The summed E-state index contributed by atoms with van der Waals surface area (Å²) in [5.74, 6) is -2.09. The fourth-order valence-electron chi connectivity index (χ4n) is 11.5. The molecule has 0 saturated heterocycles. The molecule has 2 aliphatic carbocycles. The van der Waals surface area contributed by atoms with Gasteiger partial charge in [0.15, 0.2) is 11.2 Å². The van der Waals surface area contributed by atoms with Gasteiger partial charge in [-0.15, -0.1) is 0 Å². The third-order valence-corrected chi connectivity index (χ3v) is 15.4. The van der Waals surface area contributed by atoms with E-state index in [4.69, 9.17) is 9.47 Å². The highest BCUT2D eigenvalue weighted by Gasteiger charge is 2.47. The molecule has 4 atom stereocenters. The van der Waals surface area contributed by atoms with Crippen molar-refractivity contribution in [1.82, 2.24) is 10.2 Å². The number of carbonyl (C=O) groups is 4. The average Bonchev–Trinajstić information content (AvgIpc) is 3.40. The lowest BCUT2D eigenvalue weighted by atomic mass is 9.79. The Morgan fingerprint density at radius 1 is 0.605 bits per heavy atom. The summed E-state index contributed by atoms with van der Waals surface area (Å²) in [6, 6.07) is 23.4. The summed E-state index contributed by atoms with van der Waals surface area (Å²) in [7, 11) is 0. The molecular formula is C60H74F6N4O6. The number of alkyl halides is 6. The molecule has 4 aromatic carbocycles. The van der Waals surface area contributed by atoms with Gasteiger partial charge in [0.2, 0.25) is 0 Å². The first-order valence-electron chi connectivity index (χ1n) is 27.3. The number of rotatable bonds is 15. The Morgan fingerprint density at radius 2 is 1.04 bits per heavy atom. The van der Waals surface area contributed by atoms with Crippen molar-refractivity contribution in [2.45, 2.75) is 186 Å². The van der Waals surface area contributed by atoms with E-state index in [-0.39, 0.29) is 65.2 Å². The zero-order valence-corrected chi connectivity index (χ0v) is 45.0. The van der Waals surface area contributed by atoms with E-state index in [1.54, 1.807) is 32.6 Å². The molecule has 412 valence electrons. The number of ether oxygens (including phenoxy) is 2. The molecule has 0 aromatic heterocycles. The molecule has 4 aliphatic rings. The van der Waals surface area contributed by atoms with Gasteiger partial charge >= 0.3 is 12.4 Å². The quantitative estimate of drug-likeness (QED) is 0.0938. The van der Waals surface area contributed by atoms with Crippen molar-refractivity contribution in [3.8, 4) is 11.5 Å². The topological polar surface area (TPSA) is 108 Å². The van der Waals surface area contributed by atoms with Gasteiger partial charge in [0.1, 0.15) is 11.5 Å². The monoisotopic (exact) mass is 1060 g/mol. The van der Waals surface area contributed by atoms with Crippen LogP contribution >= 0.6 is 0 Å². The van der Waals surface area contributed by atoms with Crippen molar-refractivity contribution < 1.29 is 55.0 Å². The summed E-state index contributed by atoms with van der Waals surface area (Å²) in [4.78, 5) is 58.5. The summed E-state index contributed by atoms with van der Waals surface area (Å²) < 4.78 is 97.4. The fraction of sp³-hybridized carbons (Fsp3) is 0.533. The van der Waals surface area contributed by atoms with Crippen LogP contribution in [0.3, 0.4) is 0 Å². The van der Waals surface area contributed by atoms with Crippen LogP contribution in [0, 0.1) is 0 Å². The van der Waals surface area contributed by atoms with Gasteiger partial charge in [0.25, 0.3) is 23.6 Å². The number of hydrogen-bond donors (Lipinski definition) is 1. The van der Waals surface area contributed by atoms with Gasteiger partial charge in [0, 0.05) is 43.6 Å². The Morgan fingerprint density at radius 3 is 1.51 bits per heavy atom. The van der Waals surface area contributed by atoms with Crippen LogP contribution in [0.5, 0.6) is 11.5 Å². The minimum absolute atomic E-state index is 0.0251. The lowest BCUT2D eigenvalue weighted by Crippen LogP contribution is -2.53. The smallest absolute Gasteiger partial charge is 0.417 e. The second kappa shape index (κ2) is 24.1. The van der Waals surface area contributed by atoms with Crippen LogP contribution in [0.4, 0.5) is 37.7 Å². The average molecular weight is 1060 g/mol. The molecule has 2 aliphatic heterocycles. The Kier molecular flexibility index (Phi) is 18.3. The number of unbranched alkanes of at least 4 members (excludes halogenated alkanes) is 4. The molecule has 4 aromatic rings. The van der Waals surface area contributed by atoms with Crippen molar-refractivity contribution in [3.63, 3.8) is 0 Å². The predicted molar refractivity (Wildman–Crippen MR) is 283 cm³/mol. The van der Waals surface area contributed by atoms with Crippen LogP contribution in [-0.4, -0.2) is 71.4 Å². The molecule has 2 saturated carbocycles. The van der Waals surface area contributed by atoms with Crippen LogP contribution in [0.15, 0.2) is 84.9 Å². The number of hydrogen-bond acceptors (Lipinski definition) is 6. The number of anilines is 2. The van der Waals surface area contributed by atoms with E-state index in [0.717, 1.165) is 93.9 Å². The Balaban J connectivity index is 0.000000221. The van der Waals surface area contributed by atoms with Gasteiger partial charge in [-0.3, -0.25) is 19.2 Å². The Hall–Kier alpha value is -6.06. The van der Waals surface area contributed by atoms with E-state index in [1.165, 1.54) is 21.9 Å². The lowest BCUT2D eigenvalue weighted by Gasteiger charge is -2.41. The van der Waals surface area contributed by atoms with Crippen LogP contribution < -0.4 is 24.6 Å². The van der Waals surface area contributed by atoms with Crippen LogP contribution in [0.1, 0.15) is 193 Å². The minimum atomic E-state index is -4.77. The van der Waals surface area contributed by atoms with Crippen LogP contribution in [0.2, 0.25) is 0 Å². The molecule has 10 nitrogen and oxygen atoms in total. The molecule has 0 radical (unpaired) electrons. The van der Waals surface area contributed by atoms with E-state index in [1.807, 2.05) is 81.4 Å². The third-order valence-electron chi connectivity index (χ3n) is 15.4. The molecule has 0 spiro atoms. The highest BCUT2D eigenvalue weighted by Crippen LogP contribution is 2.47. The van der Waals surface area contributed by atoms with E-state index >= 15 is 0 Å². The SMILES string of the molecule is CCCCCN1C(=O)C(C)(C)Oc2cc(C(F)(F)F)c(C(=O)N(CC)[C@@H]3CCCC[C@@H]3c3ccccc3)cc21.CCCCCN1C(=O)C(C)(C)Oc2cc(C(F)(F)F)c(C(=O)N[C@@H]3CCCC[C@@H]3c3ccccc3)cc21. The fourth-order valence-corrected chi connectivity index (χ4v) is 11.5. The number of nitrogens with one attached hydrogen (secondary N) is 1. The predicted octanol–water partition coefficient (Wildman–Crippen LogP) is 14.4. The van der Waals surface area contributed by atoms with E-state index in [2.05, 4.69) is 5.32 Å². The zero-order valence-electron chi connectivity index (χ0n) is 45.0. The number of amides is 4. The number of benzene rings is 4. The van der Waals surface area contributed by atoms with Crippen molar-refractivity contribution >= 4 is 35.0 Å². The summed E-state index contributed by atoms with van der Waals surface area (Å²) in [6.07, 6.45) is 2.43. The first-order valence-corrected chi connectivity index (χ1v) is 27.3. The van der Waals surface area contributed by atoms with E-state index in [9.17, 15) is 45.5 Å². The Bertz CT molecular complexity index is 2670. The maximum Gasteiger partial charge on any atom is 0.417 e. The molecule has 0 bridgehead atoms. The second-order valence-electron chi connectivity index (χ2n) is 21.6. The number of carbonyl (C=O) groups excluding carboxylic acids is 4. The standard InChI is InChI=1S/C31H39F3N2O3.C29H35F3N2O3/c1-5-7-13-18-36-26-19-23(24(31(32,33)34)20-27(26)39-30(3,4)29(36)38)28(37)35(6-2)25-17-12-11-16-22(25)21-14-9-8-10-15-21;1-4-5-11-16-34-24-17-21(22(29(30,31)32)18-25(24)37-28(2,3)27(34)36)26(35)33-23-15-10-9-14-20(23)19-12-7-6-8-13-19/h8-10,14-15,19-20,22,25H,5-7,11-13,16-18H2,1-4H3;6-8,12-13,17-18,20,23H,4-5,9-11,14-16H2,1-3H3,(H,33,35)/t22-,25-;20-,23-/m11/s1. The molecule has 16 heteroatoms. The van der Waals surface area contributed by atoms with Crippen molar-refractivity contribution in [3.05, 3.63) is 118 Å². The molecule has 0 unspecified atom stereocenters. The molecule has 8 rings (SSSR count). The molecule has 2 fully saturated rings. The molecule has 4 amide bonds. The molecular weight excluding hydrogens is 987 g/mol. The summed E-state index contributed by atoms with van der Waals surface area (Å²) in [5, 5.41) is 2.91. The summed E-state index contributed by atoms with van der Waals surface area (Å²) in [6.45, 7) is 13.1. The second-order valence-corrected chi connectivity index (χ2v) is 21.6. The van der Waals surface area contributed by atoms with Crippen LogP contribution in [-0.2, 0) is 21.9 Å². The van der Waals surface area contributed by atoms with Crippen molar-refractivity contribution in [1.29, 1.82) is 0 Å². The molecule has 76 heavy (non-hydrogen) atoms. The van der Waals surface area contributed by atoms with Gasteiger partial charge < -0.3 is 29.5 Å². The van der Waals surface area contributed by atoms with Gasteiger partial charge in [0.05, 0.1) is 33.6 Å². The van der Waals surface area contributed by atoms with Gasteiger partial charge in [-0.05, 0) is 109 Å². The van der Waals surface area contributed by atoms with Crippen molar-refractivity contribution in [2.24, 2.45) is 0 Å². The van der Waals surface area contributed by atoms with E-state index in [0.29, 0.717) is 32.4 Å². The Labute approximate surface area is 443 Å². The third kappa shape index (κ3) is 12.8. The number of nitrogens with zero attached hydrogens (tertiary/aromatic N) is 3. The molecule has 1 N–H and O–H groups in total. The normalized spacial score (nSPS) is 21.0. The summed E-state index contributed by atoms with van der Waals surface area (Å²) in [5.41, 5.74) is -3.03. The zero-order chi connectivity index (χ0) is 55.2. The molecule has 2 heterocycles. The van der Waals surface area contributed by atoms with Gasteiger partial charge in [-0.2, -0.15) is 26.3 Å². The number of fused-ring (bicyclic) bond motifs is 2. The van der Waals surface area contributed by atoms with Crippen molar-refractivity contribution in [2.75, 3.05) is 29.4 Å². The first-order chi connectivity index (χ1) is 36.0. The van der Waals surface area contributed by atoms with Gasteiger partial charge in [-0.1, -0.05) is 126 Å².